The standard InChI is InChI=1S/C27H28N4O8/c1-16(32)36-15-24(38-18(3)34)25(39-19(4)35)23(37-17(2)33)14-28-31-27-21-12-8-9-13-22(21)29-26(30-27)20-10-6-5-7-11-20/h5-14,23-25H,15H2,1-4H3,(H,29,30,31)/b28-14+/t23-,24-,25+/m1/s1. The number of carbonyl (C=O) groups is 4. The summed E-state index contributed by atoms with van der Waals surface area (Å²) in [5, 5.41) is 4.85. The van der Waals surface area contributed by atoms with Gasteiger partial charge >= 0.3 is 23.9 Å². The molecule has 0 saturated heterocycles. The molecular formula is C27H28N4O8. The van der Waals surface area contributed by atoms with E-state index in [0.29, 0.717) is 22.5 Å². The Kier molecular flexibility index (Phi) is 10.0. The molecule has 2 aromatic carbocycles. The van der Waals surface area contributed by atoms with Crippen molar-refractivity contribution >= 4 is 46.8 Å². The number of carbonyl (C=O) groups excluding carboxylic acids is 4. The number of para-hydroxylation sites is 1. The van der Waals surface area contributed by atoms with Crippen LogP contribution in [0, 0.1) is 0 Å². The van der Waals surface area contributed by atoms with Crippen molar-refractivity contribution in [2.24, 2.45) is 5.10 Å². The average Bonchev–Trinajstić information content (AvgIpc) is 2.89. The first kappa shape index (κ1) is 28.7. The van der Waals surface area contributed by atoms with Gasteiger partial charge < -0.3 is 18.9 Å². The molecule has 0 aliphatic rings. The van der Waals surface area contributed by atoms with E-state index in [0.717, 1.165) is 33.3 Å². The second-order valence-electron chi connectivity index (χ2n) is 8.27. The molecule has 0 bridgehead atoms. The SMILES string of the molecule is CC(=O)OC[C@@H](OC(C)=O)[C@@H](OC(C)=O)[C@@H](/C=N/Nc1nc(-c2ccccc2)nc2ccccc12)OC(C)=O. The summed E-state index contributed by atoms with van der Waals surface area (Å²) in [4.78, 5) is 56.1. The summed E-state index contributed by atoms with van der Waals surface area (Å²) in [5.41, 5.74) is 4.28. The number of fused-ring (bicyclic) bond motifs is 1. The molecule has 0 aliphatic heterocycles. The number of nitrogens with one attached hydrogen (secondary N) is 1. The van der Waals surface area contributed by atoms with Gasteiger partial charge in [0.2, 0.25) is 0 Å². The van der Waals surface area contributed by atoms with E-state index in [4.69, 9.17) is 18.9 Å². The van der Waals surface area contributed by atoms with Gasteiger partial charge in [-0.05, 0) is 12.1 Å². The highest BCUT2D eigenvalue weighted by Crippen LogP contribution is 2.25. The van der Waals surface area contributed by atoms with Gasteiger partial charge in [-0.25, -0.2) is 9.97 Å². The van der Waals surface area contributed by atoms with Crippen LogP contribution in [0.4, 0.5) is 5.82 Å². The summed E-state index contributed by atoms with van der Waals surface area (Å²) in [6.07, 6.45) is -2.85. The van der Waals surface area contributed by atoms with Crippen LogP contribution in [0.3, 0.4) is 0 Å². The summed E-state index contributed by atoms with van der Waals surface area (Å²) in [7, 11) is 0. The highest BCUT2D eigenvalue weighted by Gasteiger charge is 2.37. The molecule has 0 fully saturated rings. The zero-order chi connectivity index (χ0) is 28.4. The minimum atomic E-state index is -1.39. The van der Waals surface area contributed by atoms with E-state index in [-0.39, 0.29) is 0 Å². The van der Waals surface area contributed by atoms with Crippen LogP contribution in [-0.2, 0) is 38.1 Å². The minimum absolute atomic E-state index is 0.359. The van der Waals surface area contributed by atoms with E-state index in [2.05, 4.69) is 20.5 Å². The van der Waals surface area contributed by atoms with Crippen LogP contribution in [0.1, 0.15) is 27.7 Å². The fraction of sp³-hybridized carbons (Fsp3) is 0.296. The maximum absolute atomic E-state index is 11.9. The van der Waals surface area contributed by atoms with Crippen molar-refractivity contribution < 1.29 is 38.1 Å². The molecule has 1 heterocycles. The molecule has 0 spiro atoms. The van der Waals surface area contributed by atoms with Crippen LogP contribution in [-0.4, -0.2) is 65.0 Å². The first-order chi connectivity index (χ1) is 18.6. The summed E-state index contributed by atoms with van der Waals surface area (Å²) < 4.78 is 20.9. The number of aromatic nitrogens is 2. The summed E-state index contributed by atoms with van der Waals surface area (Å²) >= 11 is 0. The Morgan fingerprint density at radius 2 is 1.46 bits per heavy atom. The molecular weight excluding hydrogens is 508 g/mol. The Labute approximate surface area is 224 Å². The van der Waals surface area contributed by atoms with Crippen molar-refractivity contribution in [3.8, 4) is 11.4 Å². The number of ether oxygens (including phenoxy) is 4. The fourth-order valence-electron chi connectivity index (χ4n) is 3.58. The third-order valence-electron chi connectivity index (χ3n) is 5.09. The molecule has 3 aromatic rings. The van der Waals surface area contributed by atoms with Gasteiger partial charge in [-0.3, -0.25) is 24.6 Å². The van der Waals surface area contributed by atoms with E-state index in [1.54, 1.807) is 0 Å². The highest BCUT2D eigenvalue weighted by molar-refractivity contribution is 5.90. The summed E-state index contributed by atoms with van der Waals surface area (Å²) in [6.45, 7) is 4.11. The van der Waals surface area contributed by atoms with Gasteiger partial charge in [-0.2, -0.15) is 5.10 Å². The van der Waals surface area contributed by atoms with Gasteiger partial charge in [0.05, 0.1) is 11.7 Å². The lowest BCUT2D eigenvalue weighted by molar-refractivity contribution is -0.183. The molecule has 12 nitrogen and oxygen atoms in total. The van der Waals surface area contributed by atoms with Crippen molar-refractivity contribution in [3.05, 3.63) is 54.6 Å². The third-order valence-corrected chi connectivity index (χ3v) is 5.09. The summed E-state index contributed by atoms with van der Waals surface area (Å²) in [5.74, 6) is -2.06. The quantitative estimate of drug-likeness (QED) is 0.166. The number of rotatable bonds is 11. The molecule has 12 heteroatoms. The predicted octanol–water partition coefficient (Wildman–Crippen LogP) is 3.05. The molecule has 3 atom stereocenters. The number of hydrazone groups is 1. The van der Waals surface area contributed by atoms with Gasteiger partial charge in [0.25, 0.3) is 0 Å². The second-order valence-corrected chi connectivity index (χ2v) is 8.27. The molecule has 3 rings (SSSR count). The lowest BCUT2D eigenvalue weighted by atomic mass is 10.1. The van der Waals surface area contributed by atoms with Crippen molar-refractivity contribution in [3.63, 3.8) is 0 Å². The summed E-state index contributed by atoms with van der Waals surface area (Å²) in [6, 6.07) is 16.7. The molecule has 204 valence electrons. The number of anilines is 1. The van der Waals surface area contributed by atoms with Crippen molar-refractivity contribution in [1.29, 1.82) is 0 Å². The first-order valence-electron chi connectivity index (χ1n) is 11.9. The van der Waals surface area contributed by atoms with Crippen LogP contribution in [0.25, 0.3) is 22.3 Å². The second kappa shape index (κ2) is 13.6. The highest BCUT2D eigenvalue weighted by atomic mass is 16.6. The first-order valence-corrected chi connectivity index (χ1v) is 11.9. The van der Waals surface area contributed by atoms with E-state index in [1.807, 2.05) is 54.6 Å². The van der Waals surface area contributed by atoms with Gasteiger partial charge in [0.15, 0.2) is 30.0 Å². The Bertz CT molecular complexity index is 1360. The van der Waals surface area contributed by atoms with E-state index in [1.165, 1.54) is 6.21 Å². The lowest BCUT2D eigenvalue weighted by Gasteiger charge is -2.29. The predicted molar refractivity (Wildman–Crippen MR) is 140 cm³/mol. The van der Waals surface area contributed by atoms with Crippen LogP contribution >= 0.6 is 0 Å². The molecule has 0 aliphatic carbocycles. The van der Waals surface area contributed by atoms with Gasteiger partial charge in [0, 0.05) is 38.6 Å². The van der Waals surface area contributed by atoms with Crippen LogP contribution in [0.5, 0.6) is 0 Å². The monoisotopic (exact) mass is 536 g/mol. The fourth-order valence-corrected chi connectivity index (χ4v) is 3.58. The topological polar surface area (TPSA) is 155 Å². The van der Waals surface area contributed by atoms with Crippen LogP contribution < -0.4 is 5.43 Å². The largest absolute Gasteiger partial charge is 0.462 e. The number of hydrogen-bond donors (Lipinski definition) is 1. The van der Waals surface area contributed by atoms with Gasteiger partial charge in [0.1, 0.15) is 6.61 Å². The van der Waals surface area contributed by atoms with Crippen LogP contribution in [0.15, 0.2) is 59.7 Å². The Hall–Kier alpha value is -4.87. The van der Waals surface area contributed by atoms with Crippen molar-refractivity contribution in [2.75, 3.05) is 12.0 Å². The number of esters is 4. The molecule has 1 aromatic heterocycles. The average molecular weight is 537 g/mol. The molecule has 39 heavy (non-hydrogen) atoms. The van der Waals surface area contributed by atoms with Gasteiger partial charge in [-0.1, -0.05) is 42.5 Å². The number of benzene rings is 2. The van der Waals surface area contributed by atoms with Crippen LogP contribution in [0.2, 0.25) is 0 Å². The maximum atomic E-state index is 11.9. The third kappa shape index (κ3) is 8.59. The molecule has 0 saturated carbocycles. The zero-order valence-corrected chi connectivity index (χ0v) is 21.8. The Morgan fingerprint density at radius 1 is 0.821 bits per heavy atom. The van der Waals surface area contributed by atoms with E-state index < -0.39 is 48.8 Å². The van der Waals surface area contributed by atoms with E-state index in [9.17, 15) is 19.2 Å². The maximum Gasteiger partial charge on any atom is 0.303 e. The lowest BCUT2D eigenvalue weighted by Crippen LogP contribution is -2.48. The smallest absolute Gasteiger partial charge is 0.303 e. The van der Waals surface area contributed by atoms with Crippen molar-refractivity contribution in [2.45, 2.75) is 46.0 Å². The number of hydrogen-bond acceptors (Lipinski definition) is 12. The Balaban J connectivity index is 1.97. The Morgan fingerprint density at radius 3 is 2.10 bits per heavy atom. The van der Waals surface area contributed by atoms with E-state index >= 15 is 0 Å². The molecule has 0 amide bonds. The van der Waals surface area contributed by atoms with Gasteiger partial charge in [-0.15, -0.1) is 0 Å². The normalized spacial score (nSPS) is 13.2. The molecule has 0 radical (unpaired) electrons. The number of nitrogens with zero attached hydrogens (tertiary/aromatic N) is 3. The molecule has 0 unspecified atom stereocenters. The zero-order valence-electron chi connectivity index (χ0n) is 21.8. The minimum Gasteiger partial charge on any atom is -0.462 e. The molecule has 1 N–H and O–H groups in total. The van der Waals surface area contributed by atoms with Crippen molar-refractivity contribution in [1.82, 2.24) is 9.97 Å².